The van der Waals surface area contributed by atoms with E-state index in [0.29, 0.717) is 5.56 Å². The van der Waals surface area contributed by atoms with E-state index in [1.807, 2.05) is 43.5 Å². The Bertz CT molecular complexity index is 499. The number of nitrogens with two attached hydrogens (primary N) is 1. The number of hydrogen-bond donors (Lipinski definition) is 2. The van der Waals surface area contributed by atoms with E-state index in [0.717, 1.165) is 11.4 Å². The van der Waals surface area contributed by atoms with Gasteiger partial charge in [0.1, 0.15) is 5.84 Å². The number of nitrogens with zero attached hydrogens (tertiary/aromatic N) is 2. The summed E-state index contributed by atoms with van der Waals surface area (Å²) in [5, 5.41) is 11.8. The zero-order valence-corrected chi connectivity index (χ0v) is 8.44. The van der Waals surface area contributed by atoms with Gasteiger partial charge in [0.15, 0.2) is 0 Å². The number of hydrogen-bond acceptors (Lipinski definition) is 2. The van der Waals surface area contributed by atoms with Gasteiger partial charge in [0.05, 0.1) is 11.4 Å². The highest BCUT2D eigenvalue weighted by atomic mass is 15.3. The molecule has 3 N–H and O–H groups in total. The second-order valence-electron chi connectivity index (χ2n) is 3.33. The second kappa shape index (κ2) is 3.57. The van der Waals surface area contributed by atoms with Gasteiger partial charge in [-0.15, -0.1) is 0 Å². The lowest BCUT2D eigenvalue weighted by Gasteiger charge is -2.07. The molecule has 0 atom stereocenters. The summed E-state index contributed by atoms with van der Waals surface area (Å²) in [7, 11) is 0. The van der Waals surface area contributed by atoms with Gasteiger partial charge >= 0.3 is 0 Å². The molecule has 0 aliphatic carbocycles. The Morgan fingerprint density at radius 2 is 2.07 bits per heavy atom. The third-order valence-corrected chi connectivity index (χ3v) is 2.16. The van der Waals surface area contributed by atoms with Crippen LogP contribution in [0.2, 0.25) is 0 Å². The highest BCUT2D eigenvalue weighted by molar-refractivity contribution is 5.98. The van der Waals surface area contributed by atoms with E-state index in [1.165, 1.54) is 0 Å². The Kier molecular flexibility index (Phi) is 2.25. The van der Waals surface area contributed by atoms with Crippen molar-refractivity contribution in [2.24, 2.45) is 5.73 Å². The van der Waals surface area contributed by atoms with E-state index >= 15 is 0 Å². The Hall–Kier alpha value is -2.10. The van der Waals surface area contributed by atoms with Gasteiger partial charge < -0.3 is 5.73 Å². The average molecular weight is 200 g/mol. The van der Waals surface area contributed by atoms with Crippen molar-refractivity contribution in [2.75, 3.05) is 0 Å². The third-order valence-electron chi connectivity index (χ3n) is 2.16. The molecule has 0 unspecified atom stereocenters. The fourth-order valence-electron chi connectivity index (χ4n) is 1.45. The minimum absolute atomic E-state index is 0.0544. The van der Waals surface area contributed by atoms with Crippen LogP contribution in [0.25, 0.3) is 5.69 Å². The first-order chi connectivity index (χ1) is 7.18. The maximum atomic E-state index is 7.47. The highest BCUT2D eigenvalue weighted by Gasteiger charge is 2.06. The van der Waals surface area contributed by atoms with Gasteiger partial charge in [0.25, 0.3) is 0 Å². The molecule has 0 spiro atoms. The minimum atomic E-state index is 0.0544. The zero-order chi connectivity index (χ0) is 10.8. The summed E-state index contributed by atoms with van der Waals surface area (Å²) in [6, 6.07) is 9.38. The Balaban J connectivity index is 2.57. The second-order valence-corrected chi connectivity index (χ2v) is 3.33. The predicted molar refractivity (Wildman–Crippen MR) is 59.3 cm³/mol. The first-order valence-corrected chi connectivity index (χ1v) is 4.64. The molecule has 2 rings (SSSR count). The van der Waals surface area contributed by atoms with Crippen molar-refractivity contribution in [3.63, 3.8) is 0 Å². The van der Waals surface area contributed by atoms with Gasteiger partial charge in [-0.05, 0) is 25.1 Å². The lowest BCUT2D eigenvalue weighted by atomic mass is 10.1. The van der Waals surface area contributed by atoms with Crippen molar-refractivity contribution < 1.29 is 0 Å². The maximum absolute atomic E-state index is 7.47. The first kappa shape index (κ1) is 9.45. The molecule has 76 valence electrons. The minimum Gasteiger partial charge on any atom is -0.384 e. The van der Waals surface area contributed by atoms with Crippen molar-refractivity contribution in [2.45, 2.75) is 6.92 Å². The van der Waals surface area contributed by atoms with Crippen LogP contribution in [0, 0.1) is 12.3 Å². The molecule has 4 nitrogen and oxygen atoms in total. The number of aromatic nitrogens is 2. The van der Waals surface area contributed by atoms with Crippen LogP contribution in [-0.2, 0) is 0 Å². The van der Waals surface area contributed by atoms with Gasteiger partial charge in [-0.3, -0.25) is 5.41 Å². The number of benzene rings is 1. The molecule has 1 aromatic carbocycles. The summed E-state index contributed by atoms with van der Waals surface area (Å²) in [6.45, 7) is 1.92. The molecule has 2 aromatic rings. The molecule has 0 saturated carbocycles. The third kappa shape index (κ3) is 1.74. The van der Waals surface area contributed by atoms with Crippen LogP contribution in [0.4, 0.5) is 0 Å². The SMILES string of the molecule is Cc1ccn(-c2ccccc2C(=N)N)n1. The molecule has 15 heavy (non-hydrogen) atoms. The Morgan fingerprint density at radius 3 is 2.67 bits per heavy atom. The predicted octanol–water partition coefficient (Wildman–Crippen LogP) is 1.46. The zero-order valence-electron chi connectivity index (χ0n) is 8.44. The molecular formula is C11H12N4. The first-order valence-electron chi connectivity index (χ1n) is 4.64. The molecule has 0 bridgehead atoms. The lowest BCUT2D eigenvalue weighted by molar-refractivity contribution is 0.860. The smallest absolute Gasteiger partial charge is 0.124 e. The Morgan fingerprint density at radius 1 is 1.33 bits per heavy atom. The largest absolute Gasteiger partial charge is 0.384 e. The molecule has 1 aromatic heterocycles. The summed E-state index contributed by atoms with van der Waals surface area (Å²) < 4.78 is 1.73. The summed E-state index contributed by atoms with van der Waals surface area (Å²) in [6.07, 6.45) is 1.86. The summed E-state index contributed by atoms with van der Waals surface area (Å²) in [5.74, 6) is 0.0544. The highest BCUT2D eigenvalue weighted by Crippen LogP contribution is 2.13. The van der Waals surface area contributed by atoms with E-state index in [-0.39, 0.29) is 5.84 Å². The van der Waals surface area contributed by atoms with Crippen molar-refractivity contribution in [1.82, 2.24) is 9.78 Å². The van der Waals surface area contributed by atoms with E-state index in [9.17, 15) is 0 Å². The molecule has 4 heteroatoms. The molecule has 0 fully saturated rings. The quantitative estimate of drug-likeness (QED) is 0.569. The van der Waals surface area contributed by atoms with Crippen molar-refractivity contribution in [3.05, 3.63) is 47.8 Å². The van der Waals surface area contributed by atoms with E-state index in [4.69, 9.17) is 11.1 Å². The van der Waals surface area contributed by atoms with E-state index in [2.05, 4.69) is 5.10 Å². The van der Waals surface area contributed by atoms with Gasteiger partial charge in [0.2, 0.25) is 0 Å². The van der Waals surface area contributed by atoms with Crippen molar-refractivity contribution >= 4 is 5.84 Å². The molecular weight excluding hydrogens is 188 g/mol. The number of nitrogen functional groups attached to an aromatic ring is 1. The van der Waals surface area contributed by atoms with Crippen molar-refractivity contribution in [3.8, 4) is 5.69 Å². The van der Waals surface area contributed by atoms with Crippen molar-refractivity contribution in [1.29, 1.82) is 5.41 Å². The van der Waals surface area contributed by atoms with Gasteiger partial charge in [-0.1, -0.05) is 12.1 Å². The number of nitrogens with one attached hydrogen (secondary N) is 1. The molecule has 0 aliphatic rings. The fourth-order valence-corrected chi connectivity index (χ4v) is 1.45. The van der Waals surface area contributed by atoms with Crippen LogP contribution in [0.3, 0.4) is 0 Å². The van der Waals surface area contributed by atoms with Crippen LogP contribution in [-0.4, -0.2) is 15.6 Å². The Labute approximate surface area is 87.9 Å². The number of amidine groups is 1. The molecule has 0 radical (unpaired) electrons. The van der Waals surface area contributed by atoms with Crippen LogP contribution < -0.4 is 5.73 Å². The van der Waals surface area contributed by atoms with E-state index < -0.39 is 0 Å². The van der Waals surface area contributed by atoms with Crippen LogP contribution in [0.15, 0.2) is 36.5 Å². The number of para-hydroxylation sites is 1. The van der Waals surface area contributed by atoms with E-state index in [1.54, 1.807) is 4.68 Å². The molecule has 0 amide bonds. The number of aryl methyl sites for hydroxylation is 1. The average Bonchev–Trinajstić information content (AvgIpc) is 2.65. The topological polar surface area (TPSA) is 67.7 Å². The van der Waals surface area contributed by atoms with Gasteiger partial charge in [-0.2, -0.15) is 5.10 Å². The maximum Gasteiger partial charge on any atom is 0.124 e. The van der Waals surface area contributed by atoms with Crippen LogP contribution in [0.5, 0.6) is 0 Å². The number of rotatable bonds is 2. The summed E-state index contributed by atoms with van der Waals surface area (Å²) in [4.78, 5) is 0. The van der Waals surface area contributed by atoms with Gasteiger partial charge in [-0.25, -0.2) is 4.68 Å². The fraction of sp³-hybridized carbons (Fsp3) is 0.0909. The lowest BCUT2D eigenvalue weighted by Crippen LogP contribution is -2.14. The van der Waals surface area contributed by atoms with Gasteiger partial charge in [0, 0.05) is 11.8 Å². The monoisotopic (exact) mass is 200 g/mol. The molecule has 0 aliphatic heterocycles. The standard InChI is InChI=1S/C11H12N4/c1-8-6-7-15(14-8)10-5-3-2-4-9(10)11(12)13/h2-7H,1H3,(H3,12,13). The summed E-state index contributed by atoms with van der Waals surface area (Å²) >= 11 is 0. The van der Waals surface area contributed by atoms with Crippen LogP contribution in [0.1, 0.15) is 11.3 Å². The molecule has 1 heterocycles. The summed E-state index contributed by atoms with van der Waals surface area (Å²) in [5.41, 5.74) is 7.97. The van der Waals surface area contributed by atoms with Crippen LogP contribution >= 0.6 is 0 Å². The molecule has 0 saturated heterocycles. The normalized spacial score (nSPS) is 10.2.